The molecule has 0 bridgehead atoms. The van der Waals surface area contributed by atoms with Crippen LogP contribution in [0.25, 0.3) is 33.5 Å². The summed E-state index contributed by atoms with van der Waals surface area (Å²) in [7, 11) is 1.57. The van der Waals surface area contributed by atoms with Crippen molar-refractivity contribution in [2.24, 2.45) is 5.41 Å². The lowest BCUT2D eigenvalue weighted by atomic mass is 9.85. The number of aromatic nitrogens is 4. The number of nitrogens with one attached hydrogen (secondary N) is 2. The first-order valence-corrected chi connectivity index (χ1v) is 16.8. The lowest BCUT2D eigenvalue weighted by Crippen LogP contribution is -2.48. The number of ether oxygens (including phenoxy) is 1. The molecule has 1 atom stereocenters. The summed E-state index contributed by atoms with van der Waals surface area (Å²) in [5.74, 6) is 0.0318. The first-order chi connectivity index (χ1) is 24.2. The van der Waals surface area contributed by atoms with E-state index in [1.54, 1.807) is 61.7 Å². The minimum absolute atomic E-state index is 0.0776. The predicted octanol–water partition coefficient (Wildman–Crippen LogP) is 5.90. The number of piperidine rings is 1. The number of anilines is 1. The van der Waals surface area contributed by atoms with E-state index in [0.717, 1.165) is 22.0 Å². The van der Waals surface area contributed by atoms with Crippen molar-refractivity contribution in [1.82, 2.24) is 30.0 Å². The van der Waals surface area contributed by atoms with E-state index in [2.05, 4.69) is 25.5 Å². The van der Waals surface area contributed by atoms with Crippen molar-refractivity contribution in [2.45, 2.75) is 31.9 Å². The highest BCUT2D eigenvalue weighted by molar-refractivity contribution is 6.00. The second-order valence-corrected chi connectivity index (χ2v) is 13.4. The number of hydrogen-bond donors (Lipinski definition) is 2. The largest absolute Gasteiger partial charge is 0.384 e. The number of carbonyl (C=O) groups excluding carboxylic acids is 2. The molecule has 0 spiro atoms. The number of H-pyrrole nitrogens is 1. The average Bonchev–Trinajstić information content (AvgIpc) is 3.75. The summed E-state index contributed by atoms with van der Waals surface area (Å²) in [5.41, 5.74) is 2.36. The minimum Gasteiger partial charge on any atom is -0.384 e. The third-order valence-electron chi connectivity index (χ3n) is 10.1. The van der Waals surface area contributed by atoms with Gasteiger partial charge >= 0.3 is 0 Å². The number of alkyl halides is 1. The fourth-order valence-corrected chi connectivity index (χ4v) is 7.16. The SMILES string of the molecule is COC[C@@]1(C(=O)Nc2ccc3[nH]nc(-c4ccc(F)c(C)c4)c3c2)CCN(CC(=O)N2CCC(F)(c3ccc(-c4ncccn4)cc3)CC2)C1. The van der Waals surface area contributed by atoms with E-state index in [4.69, 9.17) is 4.74 Å². The predicted molar refractivity (Wildman–Crippen MR) is 186 cm³/mol. The van der Waals surface area contributed by atoms with Gasteiger partial charge in [-0.2, -0.15) is 5.10 Å². The molecule has 4 heterocycles. The van der Waals surface area contributed by atoms with Gasteiger partial charge in [0.05, 0.1) is 29.8 Å². The fourth-order valence-electron chi connectivity index (χ4n) is 7.16. The third-order valence-corrected chi connectivity index (χ3v) is 10.1. The second kappa shape index (κ2) is 13.7. The van der Waals surface area contributed by atoms with Crippen LogP contribution in [0.2, 0.25) is 0 Å². The molecule has 2 fully saturated rings. The van der Waals surface area contributed by atoms with Crippen LogP contribution in [0.4, 0.5) is 14.5 Å². The van der Waals surface area contributed by atoms with Crippen LogP contribution in [0.1, 0.15) is 30.4 Å². The van der Waals surface area contributed by atoms with Crippen molar-refractivity contribution in [3.8, 4) is 22.6 Å². The maximum Gasteiger partial charge on any atom is 0.236 e. The number of rotatable bonds is 9. The number of fused-ring (bicyclic) bond motifs is 1. The normalized spacial score (nSPS) is 19.2. The van der Waals surface area contributed by atoms with Crippen molar-refractivity contribution in [1.29, 1.82) is 0 Å². The van der Waals surface area contributed by atoms with Crippen LogP contribution in [0.15, 0.2) is 79.1 Å². The van der Waals surface area contributed by atoms with E-state index in [-0.39, 0.29) is 43.6 Å². The quantitative estimate of drug-likeness (QED) is 0.199. The molecule has 50 heavy (non-hydrogen) atoms. The number of hydrogen-bond acceptors (Lipinski definition) is 7. The maximum atomic E-state index is 16.1. The minimum atomic E-state index is -1.52. The number of aryl methyl sites for hydroxylation is 1. The average molecular weight is 680 g/mol. The zero-order valence-corrected chi connectivity index (χ0v) is 28.1. The number of amides is 2. The molecule has 0 unspecified atom stereocenters. The second-order valence-electron chi connectivity index (χ2n) is 13.4. The molecule has 2 N–H and O–H groups in total. The van der Waals surface area contributed by atoms with Crippen molar-refractivity contribution in [3.05, 3.63) is 96.1 Å². The summed E-state index contributed by atoms with van der Waals surface area (Å²) in [4.78, 5) is 39.5. The van der Waals surface area contributed by atoms with E-state index in [0.29, 0.717) is 60.9 Å². The number of methoxy groups -OCH3 is 1. The van der Waals surface area contributed by atoms with Crippen LogP contribution in [0.3, 0.4) is 0 Å². The van der Waals surface area contributed by atoms with Gasteiger partial charge in [0.1, 0.15) is 11.5 Å². The van der Waals surface area contributed by atoms with Gasteiger partial charge in [-0.3, -0.25) is 19.6 Å². The number of aromatic amines is 1. The monoisotopic (exact) mass is 679 g/mol. The molecule has 2 aliphatic heterocycles. The van der Waals surface area contributed by atoms with E-state index >= 15 is 4.39 Å². The van der Waals surface area contributed by atoms with E-state index in [9.17, 15) is 14.0 Å². The van der Waals surface area contributed by atoms with Gasteiger partial charge in [0, 0.05) is 74.2 Å². The Bertz CT molecular complexity index is 2010. The summed E-state index contributed by atoms with van der Waals surface area (Å²) in [5, 5.41) is 11.3. The maximum absolute atomic E-state index is 16.1. The topological polar surface area (TPSA) is 116 Å². The molecule has 2 aliphatic rings. The van der Waals surface area contributed by atoms with E-state index in [1.807, 2.05) is 35.2 Å². The van der Waals surface area contributed by atoms with E-state index in [1.165, 1.54) is 6.07 Å². The Kier molecular flexibility index (Phi) is 9.15. The van der Waals surface area contributed by atoms with E-state index < -0.39 is 11.1 Å². The van der Waals surface area contributed by atoms with Gasteiger partial charge in [-0.05, 0) is 73.5 Å². The summed E-state index contributed by atoms with van der Waals surface area (Å²) < 4.78 is 35.5. The Balaban J connectivity index is 0.971. The van der Waals surface area contributed by atoms with Crippen LogP contribution < -0.4 is 5.32 Å². The zero-order chi connectivity index (χ0) is 34.9. The van der Waals surface area contributed by atoms with Crippen molar-refractivity contribution in [2.75, 3.05) is 51.8 Å². The fraction of sp³-hybridized carbons (Fsp3) is 0.342. The Morgan fingerprint density at radius 2 is 1.70 bits per heavy atom. The molecule has 0 saturated carbocycles. The molecule has 0 radical (unpaired) electrons. The van der Waals surface area contributed by atoms with Gasteiger partial charge < -0.3 is 15.0 Å². The molecule has 2 aromatic heterocycles. The number of halogens is 2. The van der Waals surface area contributed by atoms with Crippen LogP contribution >= 0.6 is 0 Å². The number of nitrogens with zero attached hydrogens (tertiary/aromatic N) is 5. The van der Waals surface area contributed by atoms with Crippen molar-refractivity contribution >= 4 is 28.4 Å². The third kappa shape index (κ3) is 6.60. The molecule has 3 aromatic carbocycles. The number of likely N-dealkylation sites (tertiary alicyclic amines) is 2. The van der Waals surface area contributed by atoms with Crippen molar-refractivity contribution < 1.29 is 23.1 Å². The first-order valence-electron chi connectivity index (χ1n) is 16.8. The number of carbonyl (C=O) groups is 2. The molecular weight excluding hydrogens is 640 g/mol. The Morgan fingerprint density at radius 3 is 2.42 bits per heavy atom. The van der Waals surface area contributed by atoms with Gasteiger partial charge in [0.2, 0.25) is 11.8 Å². The van der Waals surface area contributed by atoms with Gasteiger partial charge in [0.25, 0.3) is 0 Å². The van der Waals surface area contributed by atoms with Crippen LogP contribution in [-0.2, 0) is 20.0 Å². The van der Waals surface area contributed by atoms with Crippen molar-refractivity contribution in [3.63, 3.8) is 0 Å². The summed E-state index contributed by atoms with van der Waals surface area (Å²) in [6.45, 7) is 3.57. The van der Waals surface area contributed by atoms with Crippen LogP contribution in [-0.4, -0.2) is 88.2 Å². The molecule has 5 aromatic rings. The lowest BCUT2D eigenvalue weighted by molar-refractivity contribution is -0.136. The summed E-state index contributed by atoms with van der Waals surface area (Å²) >= 11 is 0. The summed E-state index contributed by atoms with van der Waals surface area (Å²) in [6.07, 6.45) is 4.28. The van der Waals surface area contributed by atoms with Gasteiger partial charge in [0.15, 0.2) is 5.82 Å². The van der Waals surface area contributed by atoms with Crippen LogP contribution in [0.5, 0.6) is 0 Å². The Morgan fingerprint density at radius 1 is 0.960 bits per heavy atom. The zero-order valence-electron chi connectivity index (χ0n) is 28.1. The highest BCUT2D eigenvalue weighted by atomic mass is 19.1. The molecule has 7 rings (SSSR count). The first kappa shape index (κ1) is 33.4. The summed E-state index contributed by atoms with van der Waals surface area (Å²) in [6, 6.07) is 19.3. The van der Waals surface area contributed by atoms with Gasteiger partial charge in [-0.25, -0.2) is 18.7 Å². The highest BCUT2D eigenvalue weighted by Gasteiger charge is 2.46. The number of benzene rings is 3. The molecule has 258 valence electrons. The van der Waals surface area contributed by atoms with Gasteiger partial charge in [-0.15, -0.1) is 0 Å². The molecule has 0 aliphatic carbocycles. The Labute approximate surface area is 288 Å². The highest BCUT2D eigenvalue weighted by Crippen LogP contribution is 2.38. The Hall–Kier alpha value is -5.07. The molecule has 12 heteroatoms. The van der Waals surface area contributed by atoms with Crippen LogP contribution in [0, 0.1) is 18.2 Å². The standard InChI is InChI=1S/C38H39F2N7O3/c1-25-20-27(6-10-31(25)39)34-30-21-29(9-11-32(30)44-45-34)43-36(49)37(24-50-2)12-17-46(23-37)22-33(48)47-18-13-38(40,14-19-47)28-7-4-26(5-8-28)35-41-15-3-16-42-35/h3-11,15-16,20-21H,12-14,17-19,22-24H2,1-2H3,(H,43,49)(H,44,45)/t37-/m1/s1. The molecular formula is C38H39F2N7O3. The molecule has 2 saturated heterocycles. The molecule has 10 nitrogen and oxygen atoms in total. The lowest BCUT2D eigenvalue weighted by Gasteiger charge is -2.37. The smallest absolute Gasteiger partial charge is 0.236 e. The van der Waals surface area contributed by atoms with Gasteiger partial charge in [-0.1, -0.05) is 24.3 Å². The molecule has 2 amide bonds.